The Balaban J connectivity index is 2.40. The van der Waals surface area contributed by atoms with Crippen LogP contribution in [0.2, 0.25) is 18.1 Å². The zero-order valence-corrected chi connectivity index (χ0v) is 19.4. The minimum atomic E-state index is -5.72. The van der Waals surface area contributed by atoms with Gasteiger partial charge >= 0.3 is 18.3 Å². The van der Waals surface area contributed by atoms with Gasteiger partial charge in [0.25, 0.3) is 6.10 Å². The first-order valence-electron chi connectivity index (χ1n) is 10.3. The zero-order valence-electron chi connectivity index (χ0n) is 18.4. The van der Waals surface area contributed by atoms with Gasteiger partial charge in [0.2, 0.25) is 0 Å². The molecule has 0 N–H and O–H groups in total. The highest BCUT2D eigenvalue weighted by Crippen LogP contribution is 2.65. The lowest BCUT2D eigenvalue weighted by Crippen LogP contribution is -2.70. The molecule has 176 valence electrons. The smallest absolute Gasteiger partial charge is 0.434 e. The van der Waals surface area contributed by atoms with Crippen LogP contribution in [0, 0.1) is 11.3 Å². The van der Waals surface area contributed by atoms with Crippen LogP contribution < -0.4 is 0 Å². The summed E-state index contributed by atoms with van der Waals surface area (Å²) in [6.45, 7) is 11.9. The highest BCUT2D eigenvalue weighted by molar-refractivity contribution is 6.74. The fourth-order valence-corrected chi connectivity index (χ4v) is 6.30. The predicted molar refractivity (Wildman–Crippen MR) is 102 cm³/mol. The Morgan fingerprint density at radius 1 is 0.967 bits per heavy atom. The van der Waals surface area contributed by atoms with Crippen LogP contribution in [0.4, 0.5) is 26.3 Å². The molecule has 0 aromatic rings. The van der Waals surface area contributed by atoms with Crippen LogP contribution in [0.3, 0.4) is 0 Å². The minimum absolute atomic E-state index is 0.170. The third-order valence-corrected chi connectivity index (χ3v) is 11.9. The first-order chi connectivity index (χ1) is 13.3. The Hall–Kier alpha value is -0.773. The Bertz CT molecular complexity index is 640. The molecule has 0 bridgehead atoms. The van der Waals surface area contributed by atoms with E-state index in [9.17, 15) is 31.1 Å². The maximum absolute atomic E-state index is 12.9. The summed E-state index contributed by atoms with van der Waals surface area (Å²) >= 11 is 0. The summed E-state index contributed by atoms with van der Waals surface area (Å²) in [5.74, 6) is -2.60. The maximum atomic E-state index is 12.9. The highest BCUT2D eigenvalue weighted by Gasteiger charge is 2.69. The molecule has 2 fully saturated rings. The Kier molecular flexibility index (Phi) is 6.52. The van der Waals surface area contributed by atoms with Crippen LogP contribution in [-0.4, -0.2) is 38.3 Å². The van der Waals surface area contributed by atoms with Crippen LogP contribution in [0.5, 0.6) is 0 Å². The van der Waals surface area contributed by atoms with Gasteiger partial charge in [-0.25, -0.2) is 0 Å². The van der Waals surface area contributed by atoms with Gasteiger partial charge in [-0.05, 0) is 42.8 Å². The van der Waals surface area contributed by atoms with Crippen LogP contribution in [0.25, 0.3) is 0 Å². The van der Waals surface area contributed by atoms with Crippen molar-refractivity contribution in [3.05, 3.63) is 0 Å². The lowest BCUT2D eigenvalue weighted by atomic mass is 9.49. The number of ether oxygens (including phenoxy) is 1. The molecule has 0 heterocycles. The number of carbonyl (C=O) groups excluding carboxylic acids is 1. The standard InChI is InChI=1S/C20H32F6O3Si/c1-16(2,3)30(5,6)29-18-11-9-7-8-10-17(18,4)12-13(18)14(27)28-15(19(21,22)23)20(24,25)26/h13,15H,7-12H2,1-6H3/t13-,17+,18+/m1/s1. The van der Waals surface area contributed by atoms with E-state index in [1.54, 1.807) is 0 Å². The fourth-order valence-electron chi connectivity index (χ4n) is 4.59. The fraction of sp³-hybridized carbons (Fsp3) is 0.950. The summed E-state index contributed by atoms with van der Waals surface area (Å²) in [4.78, 5) is 12.7. The quantitative estimate of drug-likeness (QED) is 0.263. The van der Waals surface area contributed by atoms with E-state index >= 15 is 0 Å². The molecule has 30 heavy (non-hydrogen) atoms. The zero-order chi connectivity index (χ0) is 23.4. The predicted octanol–water partition coefficient (Wildman–Crippen LogP) is 6.77. The molecule has 10 heteroatoms. The molecule has 0 aromatic carbocycles. The number of hydrogen-bond donors (Lipinski definition) is 0. The van der Waals surface area contributed by atoms with E-state index in [2.05, 4.69) is 4.74 Å². The Labute approximate surface area is 175 Å². The molecule has 0 aromatic heterocycles. The van der Waals surface area contributed by atoms with Crippen LogP contribution in [0.1, 0.15) is 66.2 Å². The SMILES string of the molecule is CC(C)(C)[Si](C)(C)O[C@]12CCCCC[C@@]1(C)C[C@@H]2C(=O)OC(C(F)(F)F)C(F)(F)F. The molecule has 0 unspecified atom stereocenters. The second kappa shape index (κ2) is 7.67. The summed E-state index contributed by atoms with van der Waals surface area (Å²) in [5, 5.41) is -0.237. The number of carbonyl (C=O) groups is 1. The van der Waals surface area contributed by atoms with Crippen LogP contribution in [-0.2, 0) is 14.0 Å². The lowest BCUT2D eigenvalue weighted by Gasteiger charge is -2.64. The average Bonchev–Trinajstić information content (AvgIpc) is 2.62. The first kappa shape index (κ1) is 25.5. The van der Waals surface area contributed by atoms with E-state index in [0.29, 0.717) is 19.3 Å². The normalized spacial score (nSPS) is 31.0. The van der Waals surface area contributed by atoms with E-state index in [1.807, 2.05) is 40.8 Å². The monoisotopic (exact) mass is 462 g/mol. The van der Waals surface area contributed by atoms with E-state index in [0.717, 1.165) is 12.8 Å². The molecule has 3 atom stereocenters. The van der Waals surface area contributed by atoms with Crippen molar-refractivity contribution in [3.8, 4) is 0 Å². The number of hydrogen-bond acceptors (Lipinski definition) is 3. The molecular weight excluding hydrogens is 430 g/mol. The van der Waals surface area contributed by atoms with Gasteiger partial charge in [0.05, 0.1) is 11.5 Å². The van der Waals surface area contributed by atoms with Gasteiger partial charge in [-0.3, -0.25) is 4.79 Å². The van der Waals surface area contributed by atoms with Crippen molar-refractivity contribution in [2.75, 3.05) is 0 Å². The van der Waals surface area contributed by atoms with Gasteiger partial charge in [-0.2, -0.15) is 26.3 Å². The third kappa shape index (κ3) is 4.54. The maximum Gasteiger partial charge on any atom is 0.434 e. The Morgan fingerprint density at radius 2 is 1.47 bits per heavy atom. The van der Waals surface area contributed by atoms with Gasteiger partial charge in [0.15, 0.2) is 8.32 Å². The van der Waals surface area contributed by atoms with E-state index < -0.39 is 49.7 Å². The number of alkyl halides is 6. The molecule has 2 aliphatic rings. The summed E-state index contributed by atoms with van der Waals surface area (Å²) < 4.78 is 88.4. The largest absolute Gasteiger partial charge is 0.442 e. The van der Waals surface area contributed by atoms with Gasteiger partial charge in [0, 0.05) is 0 Å². The second-order valence-electron chi connectivity index (χ2n) is 10.5. The number of fused-ring (bicyclic) bond motifs is 1. The molecular formula is C20H32F6O3Si. The van der Waals surface area contributed by atoms with E-state index in [4.69, 9.17) is 4.43 Å². The van der Waals surface area contributed by atoms with Crippen molar-refractivity contribution >= 4 is 14.3 Å². The van der Waals surface area contributed by atoms with Gasteiger partial charge in [-0.1, -0.05) is 47.0 Å². The molecule has 2 rings (SSSR count). The van der Waals surface area contributed by atoms with E-state index in [1.165, 1.54) is 0 Å². The molecule has 0 aliphatic heterocycles. The molecule has 0 radical (unpaired) electrons. The summed E-state index contributed by atoms with van der Waals surface area (Å²) in [6.07, 6.45) is -11.8. The molecule has 0 spiro atoms. The minimum Gasteiger partial charge on any atom is -0.442 e. The lowest BCUT2D eigenvalue weighted by molar-refractivity contribution is -0.319. The summed E-state index contributed by atoms with van der Waals surface area (Å²) in [5.41, 5.74) is -1.57. The van der Waals surface area contributed by atoms with Crippen molar-refractivity contribution in [3.63, 3.8) is 0 Å². The van der Waals surface area contributed by atoms with Gasteiger partial charge in [0.1, 0.15) is 0 Å². The van der Waals surface area contributed by atoms with Crippen molar-refractivity contribution < 1.29 is 40.3 Å². The number of halogens is 6. The van der Waals surface area contributed by atoms with Crippen LogP contribution >= 0.6 is 0 Å². The highest BCUT2D eigenvalue weighted by atomic mass is 28.4. The van der Waals surface area contributed by atoms with Gasteiger partial charge in [-0.15, -0.1) is 0 Å². The van der Waals surface area contributed by atoms with Crippen molar-refractivity contribution in [2.24, 2.45) is 11.3 Å². The molecule has 3 nitrogen and oxygen atoms in total. The first-order valence-corrected chi connectivity index (χ1v) is 13.2. The summed E-state index contributed by atoms with van der Waals surface area (Å²) in [6, 6.07) is 0. The van der Waals surface area contributed by atoms with Crippen molar-refractivity contribution in [1.29, 1.82) is 0 Å². The topological polar surface area (TPSA) is 35.5 Å². The third-order valence-electron chi connectivity index (χ3n) is 7.37. The van der Waals surface area contributed by atoms with Gasteiger partial charge < -0.3 is 9.16 Å². The molecule has 0 saturated heterocycles. The second-order valence-corrected chi connectivity index (χ2v) is 15.3. The molecule has 0 amide bonds. The summed E-state index contributed by atoms with van der Waals surface area (Å²) in [7, 11) is -2.48. The number of rotatable bonds is 4. The van der Waals surface area contributed by atoms with E-state index in [-0.39, 0.29) is 11.5 Å². The van der Waals surface area contributed by atoms with Crippen LogP contribution in [0.15, 0.2) is 0 Å². The van der Waals surface area contributed by atoms with Crippen molar-refractivity contribution in [1.82, 2.24) is 0 Å². The molecule has 2 saturated carbocycles. The molecule has 2 aliphatic carbocycles. The Morgan fingerprint density at radius 3 is 1.93 bits per heavy atom. The number of esters is 1. The average molecular weight is 463 g/mol. The van der Waals surface area contributed by atoms with Crippen molar-refractivity contribution in [2.45, 2.75) is 108 Å².